The Labute approximate surface area is 97.1 Å². The van der Waals surface area contributed by atoms with Crippen molar-refractivity contribution in [2.24, 2.45) is 5.73 Å². The van der Waals surface area contributed by atoms with Crippen molar-refractivity contribution >= 4 is 23.5 Å². The van der Waals surface area contributed by atoms with Gasteiger partial charge in [0, 0.05) is 5.02 Å². The molecule has 0 heterocycles. The number of carbonyl (C=O) groups is 2. The molecular weight excluding hydrogens is 234 g/mol. The zero-order valence-electron chi connectivity index (χ0n) is 8.53. The quantitative estimate of drug-likeness (QED) is 0.800. The number of esters is 1. The molecule has 0 aromatic heterocycles. The van der Waals surface area contributed by atoms with Crippen molar-refractivity contribution < 1.29 is 19.1 Å². The first-order chi connectivity index (χ1) is 7.54. The molecule has 0 fully saturated rings. The second kappa shape index (κ2) is 5.37. The molecule has 6 heteroatoms. The van der Waals surface area contributed by atoms with Crippen molar-refractivity contribution in [1.82, 2.24) is 0 Å². The Morgan fingerprint density at radius 3 is 2.69 bits per heavy atom. The minimum atomic E-state index is -0.643. The van der Waals surface area contributed by atoms with Gasteiger partial charge in [0.05, 0.1) is 7.11 Å². The van der Waals surface area contributed by atoms with Gasteiger partial charge in [-0.05, 0) is 18.2 Å². The number of nitrogens with two attached hydrogens (primary N) is 1. The summed E-state index contributed by atoms with van der Waals surface area (Å²) in [7, 11) is 1.24. The van der Waals surface area contributed by atoms with Crippen molar-refractivity contribution in [3.05, 3.63) is 28.8 Å². The monoisotopic (exact) mass is 243 g/mol. The number of benzene rings is 1. The van der Waals surface area contributed by atoms with Crippen molar-refractivity contribution in [2.45, 2.75) is 0 Å². The first kappa shape index (κ1) is 12.3. The maximum absolute atomic E-state index is 11.3. The third-order valence-corrected chi connectivity index (χ3v) is 1.95. The fourth-order valence-electron chi connectivity index (χ4n) is 1.04. The van der Waals surface area contributed by atoms with E-state index in [4.69, 9.17) is 22.1 Å². The van der Waals surface area contributed by atoms with E-state index in [2.05, 4.69) is 4.74 Å². The molecule has 1 rings (SSSR count). The predicted octanol–water partition coefficient (Wildman–Crippen LogP) is 0.991. The number of carbonyl (C=O) groups excluding carboxylic acids is 2. The zero-order chi connectivity index (χ0) is 12.1. The number of hydrogen-bond donors (Lipinski definition) is 1. The highest BCUT2D eigenvalue weighted by molar-refractivity contribution is 6.30. The van der Waals surface area contributed by atoms with Crippen LogP contribution in [0.15, 0.2) is 18.2 Å². The molecule has 0 bridgehead atoms. The molecular formula is C10H10ClNO4. The Balaban J connectivity index is 2.98. The molecule has 0 aliphatic rings. The highest BCUT2D eigenvalue weighted by Crippen LogP contribution is 2.24. The number of primary amides is 1. The van der Waals surface area contributed by atoms with Gasteiger partial charge in [-0.2, -0.15) is 0 Å². The smallest absolute Gasteiger partial charge is 0.341 e. The second-order valence-corrected chi connectivity index (χ2v) is 3.32. The van der Waals surface area contributed by atoms with Gasteiger partial charge in [-0.25, -0.2) is 4.79 Å². The lowest BCUT2D eigenvalue weighted by atomic mass is 10.2. The molecule has 1 aromatic carbocycles. The molecule has 0 aliphatic heterocycles. The van der Waals surface area contributed by atoms with Crippen LogP contribution in [0.1, 0.15) is 10.4 Å². The maximum Gasteiger partial charge on any atom is 0.341 e. The van der Waals surface area contributed by atoms with E-state index in [0.717, 1.165) is 0 Å². The predicted molar refractivity (Wildman–Crippen MR) is 57.5 cm³/mol. The molecule has 0 radical (unpaired) electrons. The molecule has 86 valence electrons. The largest absolute Gasteiger partial charge is 0.483 e. The average molecular weight is 244 g/mol. The van der Waals surface area contributed by atoms with Crippen LogP contribution >= 0.6 is 11.6 Å². The van der Waals surface area contributed by atoms with Crippen molar-refractivity contribution in [3.63, 3.8) is 0 Å². The minimum absolute atomic E-state index is 0.165. The molecule has 5 nitrogen and oxygen atoms in total. The van der Waals surface area contributed by atoms with Crippen LogP contribution in [0.2, 0.25) is 5.02 Å². The summed E-state index contributed by atoms with van der Waals surface area (Å²) in [4.78, 5) is 21.9. The van der Waals surface area contributed by atoms with Crippen molar-refractivity contribution in [2.75, 3.05) is 13.7 Å². The number of ether oxygens (including phenoxy) is 2. The SMILES string of the molecule is COC(=O)c1ccc(Cl)cc1OCC(N)=O. The summed E-state index contributed by atoms with van der Waals surface area (Å²) in [5.74, 6) is -1.05. The number of rotatable bonds is 4. The molecule has 1 amide bonds. The summed E-state index contributed by atoms with van der Waals surface area (Å²) in [5, 5.41) is 0.382. The van der Waals surface area contributed by atoms with E-state index in [1.165, 1.54) is 25.3 Å². The van der Waals surface area contributed by atoms with Gasteiger partial charge in [0.2, 0.25) is 0 Å². The van der Waals surface area contributed by atoms with Gasteiger partial charge >= 0.3 is 5.97 Å². The molecule has 0 saturated heterocycles. The Morgan fingerprint density at radius 1 is 1.44 bits per heavy atom. The Morgan fingerprint density at radius 2 is 2.12 bits per heavy atom. The summed E-state index contributed by atoms with van der Waals surface area (Å²) in [5.41, 5.74) is 5.11. The lowest BCUT2D eigenvalue weighted by Crippen LogP contribution is -2.21. The van der Waals surface area contributed by atoms with E-state index >= 15 is 0 Å². The van der Waals surface area contributed by atoms with Gasteiger partial charge in [0.1, 0.15) is 11.3 Å². The van der Waals surface area contributed by atoms with Gasteiger partial charge < -0.3 is 15.2 Å². The Hall–Kier alpha value is -1.75. The Bertz CT molecular complexity index is 419. The number of halogens is 1. The van der Waals surface area contributed by atoms with E-state index in [0.29, 0.717) is 5.02 Å². The van der Waals surface area contributed by atoms with E-state index in [-0.39, 0.29) is 17.9 Å². The van der Waals surface area contributed by atoms with Crippen LogP contribution in [0.4, 0.5) is 0 Å². The summed E-state index contributed by atoms with van der Waals surface area (Å²) in [6.07, 6.45) is 0. The molecule has 16 heavy (non-hydrogen) atoms. The maximum atomic E-state index is 11.3. The minimum Gasteiger partial charge on any atom is -0.483 e. The molecule has 0 unspecified atom stereocenters. The van der Waals surface area contributed by atoms with Crippen LogP contribution in [-0.4, -0.2) is 25.6 Å². The van der Waals surface area contributed by atoms with Gasteiger partial charge in [-0.3, -0.25) is 4.79 Å². The summed E-state index contributed by atoms with van der Waals surface area (Å²) in [6.45, 7) is -0.329. The molecule has 0 aliphatic carbocycles. The molecule has 1 aromatic rings. The van der Waals surface area contributed by atoms with E-state index in [1.807, 2.05) is 0 Å². The van der Waals surface area contributed by atoms with Crippen LogP contribution in [0.5, 0.6) is 5.75 Å². The summed E-state index contributed by atoms with van der Waals surface area (Å²) >= 11 is 5.73. The zero-order valence-corrected chi connectivity index (χ0v) is 9.28. The standard InChI is InChI=1S/C10H10ClNO4/c1-15-10(14)7-3-2-6(11)4-8(7)16-5-9(12)13/h2-4H,5H2,1H3,(H2,12,13). The molecule has 0 atom stereocenters. The van der Waals surface area contributed by atoms with Crippen molar-refractivity contribution in [1.29, 1.82) is 0 Å². The second-order valence-electron chi connectivity index (χ2n) is 2.89. The molecule has 2 N–H and O–H groups in total. The van der Waals surface area contributed by atoms with Gasteiger partial charge in [-0.15, -0.1) is 0 Å². The van der Waals surface area contributed by atoms with Gasteiger partial charge in [0.25, 0.3) is 5.91 Å². The van der Waals surface area contributed by atoms with E-state index in [9.17, 15) is 9.59 Å². The van der Waals surface area contributed by atoms with Crippen LogP contribution in [0, 0.1) is 0 Å². The van der Waals surface area contributed by atoms with Crippen LogP contribution in [-0.2, 0) is 9.53 Å². The molecule has 0 spiro atoms. The molecule has 0 saturated carbocycles. The number of methoxy groups -OCH3 is 1. The highest BCUT2D eigenvalue weighted by atomic mass is 35.5. The lowest BCUT2D eigenvalue weighted by Gasteiger charge is -2.08. The van der Waals surface area contributed by atoms with Gasteiger partial charge in [0.15, 0.2) is 6.61 Å². The number of amides is 1. The third-order valence-electron chi connectivity index (χ3n) is 1.72. The highest BCUT2D eigenvalue weighted by Gasteiger charge is 2.14. The van der Waals surface area contributed by atoms with Crippen LogP contribution in [0.3, 0.4) is 0 Å². The first-order valence-corrected chi connectivity index (χ1v) is 4.71. The van der Waals surface area contributed by atoms with Crippen molar-refractivity contribution in [3.8, 4) is 5.75 Å². The van der Waals surface area contributed by atoms with Crippen LogP contribution in [0.25, 0.3) is 0 Å². The van der Waals surface area contributed by atoms with E-state index < -0.39 is 11.9 Å². The number of hydrogen-bond acceptors (Lipinski definition) is 4. The van der Waals surface area contributed by atoms with Crippen LogP contribution < -0.4 is 10.5 Å². The topological polar surface area (TPSA) is 78.6 Å². The summed E-state index contributed by atoms with van der Waals surface area (Å²) < 4.78 is 9.59. The third kappa shape index (κ3) is 3.13. The average Bonchev–Trinajstić information content (AvgIpc) is 2.25. The fraction of sp³-hybridized carbons (Fsp3) is 0.200. The Kier molecular flexibility index (Phi) is 4.13. The van der Waals surface area contributed by atoms with Gasteiger partial charge in [-0.1, -0.05) is 11.6 Å². The van der Waals surface area contributed by atoms with E-state index in [1.54, 1.807) is 0 Å². The fourth-order valence-corrected chi connectivity index (χ4v) is 1.21. The normalized spacial score (nSPS) is 9.62. The summed E-state index contributed by atoms with van der Waals surface area (Å²) in [6, 6.07) is 4.38. The first-order valence-electron chi connectivity index (χ1n) is 4.33. The lowest BCUT2D eigenvalue weighted by molar-refractivity contribution is -0.119.